The SMILES string of the molecule is [CH2]CCNCC1CCCC1. The zero-order chi connectivity index (χ0) is 7.23. The molecule has 1 aliphatic carbocycles. The smallest absolute Gasteiger partial charge is 0.00205 e. The highest BCUT2D eigenvalue weighted by atomic mass is 14.8. The summed E-state index contributed by atoms with van der Waals surface area (Å²) in [5, 5.41) is 3.41. The van der Waals surface area contributed by atoms with Crippen LogP contribution >= 0.6 is 0 Å². The summed E-state index contributed by atoms with van der Waals surface area (Å²) in [7, 11) is 0. The molecule has 0 aromatic carbocycles. The second-order valence-corrected chi connectivity index (χ2v) is 3.21. The van der Waals surface area contributed by atoms with Gasteiger partial charge in [-0.1, -0.05) is 19.8 Å². The molecule has 1 nitrogen and oxygen atoms in total. The van der Waals surface area contributed by atoms with Gasteiger partial charge in [0, 0.05) is 0 Å². The average molecular weight is 140 g/mol. The van der Waals surface area contributed by atoms with E-state index in [9.17, 15) is 0 Å². The van der Waals surface area contributed by atoms with Gasteiger partial charge in [-0.3, -0.25) is 0 Å². The van der Waals surface area contributed by atoms with Crippen LogP contribution in [0.25, 0.3) is 0 Å². The summed E-state index contributed by atoms with van der Waals surface area (Å²) in [6, 6.07) is 0. The molecule has 0 heterocycles. The molecule has 1 fully saturated rings. The van der Waals surface area contributed by atoms with Gasteiger partial charge in [0.15, 0.2) is 0 Å². The Balaban J connectivity index is 1.91. The van der Waals surface area contributed by atoms with Gasteiger partial charge in [-0.25, -0.2) is 0 Å². The summed E-state index contributed by atoms with van der Waals surface area (Å²) < 4.78 is 0. The largest absolute Gasteiger partial charge is 0.316 e. The molecule has 0 spiro atoms. The fraction of sp³-hybridized carbons (Fsp3) is 0.889. The number of hydrogen-bond donors (Lipinski definition) is 1. The Morgan fingerprint density at radius 3 is 2.60 bits per heavy atom. The Morgan fingerprint density at radius 1 is 1.30 bits per heavy atom. The Labute approximate surface area is 64.2 Å². The predicted molar refractivity (Wildman–Crippen MR) is 44.8 cm³/mol. The molecule has 1 radical (unpaired) electrons. The Bertz CT molecular complexity index is 74.8. The monoisotopic (exact) mass is 140 g/mol. The Morgan fingerprint density at radius 2 is 2.00 bits per heavy atom. The fourth-order valence-corrected chi connectivity index (χ4v) is 1.65. The van der Waals surface area contributed by atoms with E-state index in [1.165, 1.54) is 32.2 Å². The molecule has 0 bridgehead atoms. The maximum atomic E-state index is 3.79. The quantitative estimate of drug-likeness (QED) is 0.589. The van der Waals surface area contributed by atoms with E-state index in [4.69, 9.17) is 0 Å². The van der Waals surface area contributed by atoms with Crippen molar-refractivity contribution in [1.29, 1.82) is 0 Å². The van der Waals surface area contributed by atoms with Crippen molar-refractivity contribution >= 4 is 0 Å². The van der Waals surface area contributed by atoms with Crippen molar-refractivity contribution in [3.05, 3.63) is 6.92 Å². The van der Waals surface area contributed by atoms with Crippen molar-refractivity contribution in [3.63, 3.8) is 0 Å². The zero-order valence-corrected chi connectivity index (χ0v) is 6.73. The van der Waals surface area contributed by atoms with Crippen molar-refractivity contribution in [2.24, 2.45) is 5.92 Å². The first-order chi connectivity index (χ1) is 4.93. The zero-order valence-electron chi connectivity index (χ0n) is 6.73. The first kappa shape index (κ1) is 8.06. The second kappa shape index (κ2) is 4.73. The number of hydrogen-bond acceptors (Lipinski definition) is 1. The topological polar surface area (TPSA) is 12.0 Å². The molecule has 0 aromatic heterocycles. The molecule has 0 unspecified atom stereocenters. The summed E-state index contributed by atoms with van der Waals surface area (Å²) in [6.07, 6.45) is 6.83. The Hall–Kier alpha value is -0.0400. The van der Waals surface area contributed by atoms with Crippen molar-refractivity contribution in [2.45, 2.75) is 32.1 Å². The lowest BCUT2D eigenvalue weighted by Gasteiger charge is -2.08. The van der Waals surface area contributed by atoms with E-state index in [1.807, 2.05) is 0 Å². The maximum absolute atomic E-state index is 3.79. The summed E-state index contributed by atoms with van der Waals surface area (Å²) in [5.41, 5.74) is 0. The molecule has 1 saturated carbocycles. The lowest BCUT2D eigenvalue weighted by atomic mass is 10.1. The van der Waals surface area contributed by atoms with E-state index in [-0.39, 0.29) is 0 Å². The first-order valence-electron chi connectivity index (χ1n) is 4.43. The normalized spacial score (nSPS) is 20.1. The van der Waals surface area contributed by atoms with E-state index in [0.29, 0.717) is 0 Å². The van der Waals surface area contributed by atoms with Gasteiger partial charge in [0.2, 0.25) is 0 Å². The minimum absolute atomic E-state index is 0.978. The van der Waals surface area contributed by atoms with Gasteiger partial charge in [0.1, 0.15) is 0 Å². The summed E-state index contributed by atoms with van der Waals surface area (Å²) in [5.74, 6) is 0.978. The van der Waals surface area contributed by atoms with Crippen molar-refractivity contribution < 1.29 is 0 Å². The highest BCUT2D eigenvalue weighted by molar-refractivity contribution is 4.69. The lowest BCUT2D eigenvalue weighted by Crippen LogP contribution is -2.21. The van der Waals surface area contributed by atoms with Crippen molar-refractivity contribution in [2.75, 3.05) is 13.1 Å². The summed E-state index contributed by atoms with van der Waals surface area (Å²) >= 11 is 0. The van der Waals surface area contributed by atoms with Crippen LogP contribution in [-0.4, -0.2) is 13.1 Å². The van der Waals surface area contributed by atoms with Crippen LogP contribution in [0.4, 0.5) is 0 Å². The Kier molecular flexibility index (Phi) is 3.81. The second-order valence-electron chi connectivity index (χ2n) is 3.21. The molecule has 0 amide bonds. The van der Waals surface area contributed by atoms with Gasteiger partial charge in [0.05, 0.1) is 0 Å². The first-order valence-corrected chi connectivity index (χ1v) is 4.43. The lowest BCUT2D eigenvalue weighted by molar-refractivity contribution is 0.493. The van der Waals surface area contributed by atoms with Crippen molar-refractivity contribution in [3.8, 4) is 0 Å². The van der Waals surface area contributed by atoms with Crippen molar-refractivity contribution in [1.82, 2.24) is 5.32 Å². The number of nitrogens with one attached hydrogen (secondary N) is 1. The minimum Gasteiger partial charge on any atom is -0.316 e. The van der Waals surface area contributed by atoms with Gasteiger partial charge in [-0.05, 0) is 38.3 Å². The molecule has 1 heteroatoms. The van der Waals surface area contributed by atoms with Crippen LogP contribution in [0.15, 0.2) is 0 Å². The third kappa shape index (κ3) is 2.70. The van der Waals surface area contributed by atoms with Crippen LogP contribution in [0.3, 0.4) is 0 Å². The van der Waals surface area contributed by atoms with Gasteiger partial charge in [-0.15, -0.1) is 0 Å². The van der Waals surface area contributed by atoms with E-state index in [1.54, 1.807) is 0 Å². The standard InChI is InChI=1S/C9H18N/c1-2-7-10-8-9-5-3-4-6-9/h9-10H,1-8H2. The van der Waals surface area contributed by atoms with Crippen LogP contribution in [0.5, 0.6) is 0 Å². The van der Waals surface area contributed by atoms with Gasteiger partial charge in [0.25, 0.3) is 0 Å². The molecule has 1 rings (SSSR count). The molecule has 0 aromatic rings. The molecular weight excluding hydrogens is 122 g/mol. The molecular formula is C9H18N. The third-order valence-electron chi connectivity index (χ3n) is 2.26. The van der Waals surface area contributed by atoms with Gasteiger partial charge in [-0.2, -0.15) is 0 Å². The van der Waals surface area contributed by atoms with E-state index < -0.39 is 0 Å². The summed E-state index contributed by atoms with van der Waals surface area (Å²) in [6.45, 7) is 6.11. The summed E-state index contributed by atoms with van der Waals surface area (Å²) in [4.78, 5) is 0. The fourth-order valence-electron chi connectivity index (χ4n) is 1.65. The highest BCUT2D eigenvalue weighted by Crippen LogP contribution is 2.23. The molecule has 1 aliphatic rings. The number of rotatable bonds is 4. The average Bonchev–Trinajstić information content (AvgIpc) is 2.41. The van der Waals surface area contributed by atoms with Gasteiger partial charge < -0.3 is 5.32 Å². The molecule has 0 atom stereocenters. The van der Waals surface area contributed by atoms with Crippen LogP contribution < -0.4 is 5.32 Å². The molecule has 0 saturated heterocycles. The van der Waals surface area contributed by atoms with Crippen LogP contribution in [0.2, 0.25) is 0 Å². The van der Waals surface area contributed by atoms with E-state index in [0.717, 1.165) is 18.9 Å². The molecule has 0 aliphatic heterocycles. The van der Waals surface area contributed by atoms with Gasteiger partial charge >= 0.3 is 0 Å². The van der Waals surface area contributed by atoms with Crippen LogP contribution in [0, 0.1) is 12.8 Å². The van der Waals surface area contributed by atoms with E-state index >= 15 is 0 Å². The molecule has 1 N–H and O–H groups in total. The minimum atomic E-state index is 0.978. The van der Waals surface area contributed by atoms with Crippen LogP contribution in [-0.2, 0) is 0 Å². The van der Waals surface area contributed by atoms with Crippen LogP contribution in [0.1, 0.15) is 32.1 Å². The maximum Gasteiger partial charge on any atom is -0.00205 e. The molecule has 59 valence electrons. The molecule has 10 heavy (non-hydrogen) atoms. The highest BCUT2D eigenvalue weighted by Gasteiger charge is 2.13. The third-order valence-corrected chi connectivity index (χ3v) is 2.26. The van der Waals surface area contributed by atoms with E-state index in [2.05, 4.69) is 12.2 Å². The predicted octanol–water partition coefficient (Wildman–Crippen LogP) is 1.99.